The minimum atomic E-state index is 0.244. The van der Waals surface area contributed by atoms with Crippen LogP contribution in [-0.2, 0) is 13.5 Å². The number of rotatable bonds is 8. The van der Waals surface area contributed by atoms with Gasteiger partial charge >= 0.3 is 0 Å². The zero-order valence-corrected chi connectivity index (χ0v) is 11.8. The molecule has 0 spiro atoms. The number of hydrogen-bond acceptors (Lipinski definition) is 4. The van der Waals surface area contributed by atoms with E-state index in [1.165, 1.54) is 5.69 Å². The van der Waals surface area contributed by atoms with Gasteiger partial charge in [0, 0.05) is 25.0 Å². The van der Waals surface area contributed by atoms with Crippen LogP contribution >= 0.6 is 0 Å². The largest absolute Gasteiger partial charge is 0.494 e. The van der Waals surface area contributed by atoms with Gasteiger partial charge in [0.05, 0.1) is 6.61 Å². The van der Waals surface area contributed by atoms with Gasteiger partial charge in [0.1, 0.15) is 5.75 Å². The highest BCUT2D eigenvalue weighted by atomic mass is 16.5. The lowest BCUT2D eigenvalue weighted by atomic mass is 10.1. The van der Waals surface area contributed by atoms with Crippen LogP contribution in [0.25, 0.3) is 0 Å². The summed E-state index contributed by atoms with van der Waals surface area (Å²) in [6, 6.07) is 12.1. The number of aromatic nitrogens is 2. The average Bonchev–Trinajstić information content (AvgIpc) is 2.89. The normalized spacial score (nSPS) is 12.3. The SMILES string of the molecule is Cn1nccc1CCC(CCOc1ccccc1)NN. The van der Waals surface area contributed by atoms with Crippen molar-refractivity contribution in [1.29, 1.82) is 0 Å². The molecule has 0 bridgehead atoms. The first-order valence-electron chi connectivity index (χ1n) is 6.90. The van der Waals surface area contributed by atoms with Crippen molar-refractivity contribution in [2.45, 2.75) is 25.3 Å². The second kappa shape index (κ2) is 7.67. The third-order valence-electron chi connectivity index (χ3n) is 3.39. The monoisotopic (exact) mass is 274 g/mol. The van der Waals surface area contributed by atoms with Gasteiger partial charge in [-0.05, 0) is 37.5 Å². The minimum Gasteiger partial charge on any atom is -0.494 e. The first kappa shape index (κ1) is 14.6. The first-order valence-corrected chi connectivity index (χ1v) is 6.90. The van der Waals surface area contributed by atoms with Crippen LogP contribution in [-0.4, -0.2) is 22.4 Å². The molecule has 20 heavy (non-hydrogen) atoms. The van der Waals surface area contributed by atoms with Gasteiger partial charge in [-0.15, -0.1) is 0 Å². The van der Waals surface area contributed by atoms with E-state index in [0.29, 0.717) is 6.61 Å². The number of benzene rings is 1. The number of aryl methyl sites for hydroxylation is 2. The molecule has 1 heterocycles. The van der Waals surface area contributed by atoms with Gasteiger partial charge < -0.3 is 4.74 Å². The van der Waals surface area contributed by atoms with Crippen molar-refractivity contribution in [1.82, 2.24) is 15.2 Å². The van der Waals surface area contributed by atoms with E-state index in [1.54, 1.807) is 0 Å². The van der Waals surface area contributed by atoms with E-state index in [-0.39, 0.29) is 6.04 Å². The van der Waals surface area contributed by atoms with Gasteiger partial charge in [-0.25, -0.2) is 0 Å². The number of hydrazine groups is 1. The summed E-state index contributed by atoms with van der Waals surface area (Å²) in [4.78, 5) is 0. The highest BCUT2D eigenvalue weighted by molar-refractivity contribution is 5.20. The zero-order valence-electron chi connectivity index (χ0n) is 11.8. The summed E-state index contributed by atoms with van der Waals surface area (Å²) in [5.41, 5.74) is 4.08. The minimum absolute atomic E-state index is 0.244. The average molecular weight is 274 g/mol. The maximum absolute atomic E-state index is 5.69. The Morgan fingerprint density at radius 1 is 1.25 bits per heavy atom. The standard InChI is InChI=1S/C15H22N4O/c1-19-14(9-11-17-19)8-7-13(18-16)10-12-20-15-5-3-2-4-6-15/h2-6,9,11,13,18H,7-8,10,12,16H2,1H3. The molecular formula is C15H22N4O. The lowest BCUT2D eigenvalue weighted by molar-refractivity contribution is 0.281. The summed E-state index contributed by atoms with van der Waals surface area (Å²) in [7, 11) is 1.96. The Bertz CT molecular complexity index is 498. The van der Waals surface area contributed by atoms with Crippen molar-refractivity contribution in [3.05, 3.63) is 48.3 Å². The smallest absolute Gasteiger partial charge is 0.119 e. The quantitative estimate of drug-likeness (QED) is 0.567. The fourth-order valence-corrected chi connectivity index (χ4v) is 2.12. The first-order chi connectivity index (χ1) is 9.79. The van der Waals surface area contributed by atoms with Crippen molar-refractivity contribution >= 4 is 0 Å². The van der Waals surface area contributed by atoms with Crippen LogP contribution in [0.3, 0.4) is 0 Å². The maximum Gasteiger partial charge on any atom is 0.119 e. The second-order valence-corrected chi connectivity index (χ2v) is 4.80. The molecule has 0 saturated heterocycles. The van der Waals surface area contributed by atoms with Crippen molar-refractivity contribution < 1.29 is 4.74 Å². The van der Waals surface area contributed by atoms with Crippen molar-refractivity contribution in [2.24, 2.45) is 12.9 Å². The molecule has 0 aliphatic heterocycles. The highest BCUT2D eigenvalue weighted by Crippen LogP contribution is 2.10. The van der Waals surface area contributed by atoms with Gasteiger partial charge in [0.2, 0.25) is 0 Å². The van der Waals surface area contributed by atoms with E-state index in [0.717, 1.165) is 25.0 Å². The maximum atomic E-state index is 5.69. The molecule has 0 aliphatic carbocycles. The summed E-state index contributed by atoms with van der Waals surface area (Å²) in [5, 5.41) is 4.16. The fraction of sp³-hybridized carbons (Fsp3) is 0.400. The molecule has 1 aromatic heterocycles. The van der Waals surface area contributed by atoms with Crippen LogP contribution in [0.1, 0.15) is 18.5 Å². The third-order valence-corrected chi connectivity index (χ3v) is 3.39. The molecule has 1 unspecified atom stereocenters. The van der Waals surface area contributed by atoms with Crippen LogP contribution < -0.4 is 16.0 Å². The van der Waals surface area contributed by atoms with Gasteiger partial charge in [-0.2, -0.15) is 5.10 Å². The molecule has 0 amide bonds. The van der Waals surface area contributed by atoms with Crippen LogP contribution in [0.5, 0.6) is 5.75 Å². The van der Waals surface area contributed by atoms with Crippen LogP contribution in [0.15, 0.2) is 42.6 Å². The van der Waals surface area contributed by atoms with E-state index in [9.17, 15) is 0 Å². The molecule has 3 N–H and O–H groups in total. The van der Waals surface area contributed by atoms with Gasteiger partial charge in [-0.3, -0.25) is 16.0 Å². The lowest BCUT2D eigenvalue weighted by Crippen LogP contribution is -2.36. The van der Waals surface area contributed by atoms with Crippen LogP contribution in [0, 0.1) is 0 Å². The summed E-state index contributed by atoms with van der Waals surface area (Å²) in [5.74, 6) is 6.50. The Morgan fingerprint density at radius 3 is 2.70 bits per heavy atom. The molecule has 0 radical (unpaired) electrons. The number of nitrogens with two attached hydrogens (primary N) is 1. The van der Waals surface area contributed by atoms with E-state index >= 15 is 0 Å². The number of nitrogens with zero attached hydrogens (tertiary/aromatic N) is 2. The lowest BCUT2D eigenvalue weighted by Gasteiger charge is -2.16. The molecule has 0 aliphatic rings. The molecule has 5 nitrogen and oxygen atoms in total. The van der Waals surface area contributed by atoms with Crippen LogP contribution in [0.2, 0.25) is 0 Å². The van der Waals surface area contributed by atoms with Gasteiger partial charge in [0.25, 0.3) is 0 Å². The number of para-hydroxylation sites is 1. The fourth-order valence-electron chi connectivity index (χ4n) is 2.12. The Balaban J connectivity index is 1.71. The van der Waals surface area contributed by atoms with Crippen molar-refractivity contribution in [3.63, 3.8) is 0 Å². The Labute approximate surface area is 119 Å². The summed E-state index contributed by atoms with van der Waals surface area (Å²) in [6.07, 6.45) is 4.62. The van der Waals surface area contributed by atoms with Crippen molar-refractivity contribution in [2.75, 3.05) is 6.61 Å². The summed E-state index contributed by atoms with van der Waals surface area (Å²) in [6.45, 7) is 0.657. The van der Waals surface area contributed by atoms with Crippen molar-refractivity contribution in [3.8, 4) is 5.75 Å². The molecule has 108 valence electrons. The molecule has 0 fully saturated rings. The Hall–Kier alpha value is -1.85. The number of ether oxygens (including phenoxy) is 1. The summed E-state index contributed by atoms with van der Waals surface area (Å²) < 4.78 is 7.58. The molecule has 2 aromatic rings. The molecule has 1 aromatic carbocycles. The van der Waals surface area contributed by atoms with Crippen LogP contribution in [0.4, 0.5) is 0 Å². The predicted molar refractivity (Wildman–Crippen MR) is 79.2 cm³/mol. The number of hydrogen-bond donors (Lipinski definition) is 2. The Kier molecular flexibility index (Phi) is 5.58. The van der Waals surface area contributed by atoms with E-state index in [4.69, 9.17) is 10.6 Å². The van der Waals surface area contributed by atoms with E-state index in [1.807, 2.05) is 54.3 Å². The van der Waals surface area contributed by atoms with Gasteiger partial charge in [0.15, 0.2) is 0 Å². The second-order valence-electron chi connectivity index (χ2n) is 4.80. The summed E-state index contributed by atoms with van der Waals surface area (Å²) >= 11 is 0. The molecule has 1 atom stereocenters. The molecule has 5 heteroatoms. The predicted octanol–water partition coefficient (Wildman–Crippen LogP) is 1.65. The zero-order chi connectivity index (χ0) is 14.2. The number of nitrogens with one attached hydrogen (secondary N) is 1. The Morgan fingerprint density at radius 2 is 2.05 bits per heavy atom. The molecular weight excluding hydrogens is 252 g/mol. The van der Waals surface area contributed by atoms with Gasteiger partial charge in [-0.1, -0.05) is 18.2 Å². The molecule has 2 rings (SSSR count). The van der Waals surface area contributed by atoms with E-state index in [2.05, 4.69) is 10.5 Å². The molecule has 0 saturated carbocycles. The topological polar surface area (TPSA) is 65.1 Å². The highest BCUT2D eigenvalue weighted by Gasteiger charge is 2.08. The van der Waals surface area contributed by atoms with E-state index < -0.39 is 0 Å². The third kappa shape index (κ3) is 4.36.